The van der Waals surface area contributed by atoms with E-state index in [1.54, 1.807) is 11.8 Å². The molecule has 0 aromatic heterocycles. The molecule has 0 aliphatic heterocycles. The lowest BCUT2D eigenvalue weighted by molar-refractivity contribution is -0.143. The second-order valence-corrected chi connectivity index (χ2v) is 4.17. The van der Waals surface area contributed by atoms with Gasteiger partial charge in [0.25, 0.3) is 0 Å². The number of ether oxygens (including phenoxy) is 1. The molecular formula is C8H16O2S2. The number of carbonyl (C=O) groups is 1. The molecule has 0 heterocycles. The molecule has 4 heteroatoms. The smallest absolute Gasteiger partial charge is 0.309 e. The van der Waals surface area contributed by atoms with Gasteiger partial charge in [-0.1, -0.05) is 6.92 Å². The minimum atomic E-state index is -0.117. The third-order valence-corrected chi connectivity index (χ3v) is 3.05. The third-order valence-electron chi connectivity index (χ3n) is 1.42. The van der Waals surface area contributed by atoms with Gasteiger partial charge in [0.05, 0.1) is 13.0 Å². The second-order valence-electron chi connectivity index (χ2n) is 2.58. The lowest BCUT2D eigenvalue weighted by atomic mass is 10.2. The van der Waals surface area contributed by atoms with Gasteiger partial charge in [0.15, 0.2) is 0 Å². The predicted octanol–water partition coefficient (Wildman–Crippen LogP) is 1.85. The van der Waals surface area contributed by atoms with Crippen molar-refractivity contribution in [3.05, 3.63) is 0 Å². The van der Waals surface area contributed by atoms with Crippen molar-refractivity contribution < 1.29 is 9.53 Å². The zero-order valence-corrected chi connectivity index (χ0v) is 9.29. The Labute approximate surface area is 83.8 Å². The van der Waals surface area contributed by atoms with Gasteiger partial charge in [0, 0.05) is 5.75 Å². The highest BCUT2D eigenvalue weighted by molar-refractivity contribution is 7.99. The van der Waals surface area contributed by atoms with E-state index in [-0.39, 0.29) is 11.9 Å². The van der Waals surface area contributed by atoms with E-state index in [0.717, 1.165) is 23.7 Å². The number of methoxy groups -OCH3 is 1. The summed E-state index contributed by atoms with van der Waals surface area (Å²) in [6.45, 7) is 1.89. The summed E-state index contributed by atoms with van der Waals surface area (Å²) in [6, 6.07) is 0. The minimum Gasteiger partial charge on any atom is -0.469 e. The normalized spacial score (nSPS) is 12.6. The quantitative estimate of drug-likeness (QED) is 0.410. The molecule has 0 aliphatic carbocycles. The molecule has 0 fully saturated rings. The average molecular weight is 208 g/mol. The van der Waals surface area contributed by atoms with Gasteiger partial charge in [-0.05, 0) is 17.9 Å². The highest BCUT2D eigenvalue weighted by Gasteiger charge is 2.11. The highest BCUT2D eigenvalue weighted by atomic mass is 32.2. The van der Waals surface area contributed by atoms with E-state index in [1.807, 2.05) is 6.92 Å². The Bertz CT molecular complexity index is 128. The Morgan fingerprint density at radius 3 is 2.83 bits per heavy atom. The van der Waals surface area contributed by atoms with E-state index in [4.69, 9.17) is 0 Å². The van der Waals surface area contributed by atoms with Crippen molar-refractivity contribution in [1.29, 1.82) is 0 Å². The van der Waals surface area contributed by atoms with Crippen molar-refractivity contribution in [2.75, 3.05) is 24.4 Å². The van der Waals surface area contributed by atoms with Crippen LogP contribution >= 0.6 is 24.4 Å². The van der Waals surface area contributed by atoms with Gasteiger partial charge in [-0.3, -0.25) is 4.79 Å². The van der Waals surface area contributed by atoms with Crippen molar-refractivity contribution in [3.63, 3.8) is 0 Å². The first-order valence-corrected chi connectivity index (χ1v) is 5.77. The van der Waals surface area contributed by atoms with Gasteiger partial charge in [-0.15, -0.1) is 0 Å². The Morgan fingerprint density at radius 2 is 2.33 bits per heavy atom. The molecule has 0 saturated heterocycles. The number of thioether (sulfide) groups is 1. The van der Waals surface area contributed by atoms with Crippen molar-refractivity contribution in [2.24, 2.45) is 5.92 Å². The van der Waals surface area contributed by atoms with E-state index >= 15 is 0 Å². The molecule has 2 nitrogen and oxygen atoms in total. The van der Waals surface area contributed by atoms with Crippen molar-refractivity contribution in [3.8, 4) is 0 Å². The van der Waals surface area contributed by atoms with Crippen LogP contribution in [-0.2, 0) is 9.53 Å². The molecule has 72 valence electrons. The van der Waals surface area contributed by atoms with Crippen LogP contribution in [0.1, 0.15) is 13.3 Å². The number of hydrogen-bond acceptors (Lipinski definition) is 4. The Balaban J connectivity index is 3.31. The molecule has 0 rings (SSSR count). The van der Waals surface area contributed by atoms with Gasteiger partial charge in [-0.25, -0.2) is 0 Å². The largest absolute Gasteiger partial charge is 0.469 e. The third kappa shape index (κ3) is 5.77. The minimum absolute atomic E-state index is 0.0138. The maximum Gasteiger partial charge on any atom is 0.309 e. The average Bonchev–Trinajstić information content (AvgIpc) is 2.10. The topological polar surface area (TPSA) is 26.3 Å². The standard InChI is InChI=1S/C8H16O2S2/c1-7(8(9)10-2)6-12-5-3-4-11/h7,11H,3-6H2,1-2H3. The van der Waals surface area contributed by atoms with Crippen molar-refractivity contribution in [1.82, 2.24) is 0 Å². The number of thiol groups is 1. The van der Waals surface area contributed by atoms with Gasteiger partial charge < -0.3 is 4.74 Å². The molecule has 12 heavy (non-hydrogen) atoms. The number of hydrogen-bond donors (Lipinski definition) is 1. The Hall–Kier alpha value is 0.170. The molecule has 0 amide bonds. The van der Waals surface area contributed by atoms with Crippen LogP contribution < -0.4 is 0 Å². The molecular weight excluding hydrogens is 192 g/mol. The van der Waals surface area contributed by atoms with Crippen LogP contribution in [0.15, 0.2) is 0 Å². The van der Waals surface area contributed by atoms with Crippen LogP contribution in [-0.4, -0.2) is 30.3 Å². The monoisotopic (exact) mass is 208 g/mol. The SMILES string of the molecule is COC(=O)C(C)CSCCCS. The Kier molecular flexibility index (Phi) is 7.91. The summed E-state index contributed by atoms with van der Waals surface area (Å²) in [5, 5.41) is 0. The lowest BCUT2D eigenvalue weighted by Gasteiger charge is -2.07. The van der Waals surface area contributed by atoms with Crippen LogP contribution in [0.5, 0.6) is 0 Å². The molecule has 0 bridgehead atoms. The van der Waals surface area contributed by atoms with Crippen LogP contribution in [0.3, 0.4) is 0 Å². The fourth-order valence-corrected chi connectivity index (χ4v) is 2.07. The van der Waals surface area contributed by atoms with E-state index in [9.17, 15) is 4.79 Å². The van der Waals surface area contributed by atoms with E-state index in [1.165, 1.54) is 7.11 Å². The molecule has 0 aromatic rings. The molecule has 1 unspecified atom stereocenters. The maximum absolute atomic E-state index is 10.9. The summed E-state index contributed by atoms with van der Waals surface area (Å²) >= 11 is 5.88. The van der Waals surface area contributed by atoms with Gasteiger partial charge in [0.2, 0.25) is 0 Å². The molecule has 0 saturated carbocycles. The van der Waals surface area contributed by atoms with E-state index in [0.29, 0.717) is 0 Å². The van der Waals surface area contributed by atoms with Crippen LogP contribution in [0, 0.1) is 5.92 Å². The zero-order chi connectivity index (χ0) is 9.40. The summed E-state index contributed by atoms with van der Waals surface area (Å²) in [7, 11) is 1.43. The summed E-state index contributed by atoms with van der Waals surface area (Å²) in [4.78, 5) is 10.9. The first-order chi connectivity index (χ1) is 5.72. The Morgan fingerprint density at radius 1 is 1.67 bits per heavy atom. The summed E-state index contributed by atoms with van der Waals surface area (Å²) in [5.74, 6) is 2.73. The second kappa shape index (κ2) is 7.80. The number of carbonyl (C=O) groups excluding carboxylic acids is 1. The lowest BCUT2D eigenvalue weighted by Crippen LogP contribution is -2.15. The van der Waals surface area contributed by atoms with Crippen molar-refractivity contribution >= 4 is 30.4 Å². The highest BCUT2D eigenvalue weighted by Crippen LogP contribution is 2.10. The number of rotatable bonds is 6. The van der Waals surface area contributed by atoms with Gasteiger partial charge >= 0.3 is 5.97 Å². The zero-order valence-electron chi connectivity index (χ0n) is 7.58. The van der Waals surface area contributed by atoms with E-state index < -0.39 is 0 Å². The van der Waals surface area contributed by atoms with Crippen molar-refractivity contribution in [2.45, 2.75) is 13.3 Å². The van der Waals surface area contributed by atoms with Gasteiger partial charge in [-0.2, -0.15) is 24.4 Å². The fourth-order valence-electron chi connectivity index (χ4n) is 0.696. The maximum atomic E-state index is 10.9. The van der Waals surface area contributed by atoms with Crippen LogP contribution in [0.4, 0.5) is 0 Å². The summed E-state index contributed by atoms with van der Waals surface area (Å²) in [6.07, 6.45) is 1.10. The molecule has 0 aliphatic rings. The van der Waals surface area contributed by atoms with E-state index in [2.05, 4.69) is 17.4 Å². The first-order valence-electron chi connectivity index (χ1n) is 3.98. The number of esters is 1. The first kappa shape index (κ1) is 12.2. The molecule has 0 aromatic carbocycles. The predicted molar refractivity (Wildman–Crippen MR) is 57.0 cm³/mol. The molecule has 1 atom stereocenters. The van der Waals surface area contributed by atoms with Crippen LogP contribution in [0.2, 0.25) is 0 Å². The van der Waals surface area contributed by atoms with Gasteiger partial charge in [0.1, 0.15) is 0 Å². The fraction of sp³-hybridized carbons (Fsp3) is 0.875. The summed E-state index contributed by atoms with van der Waals surface area (Å²) in [5.41, 5.74) is 0. The molecule has 0 N–H and O–H groups in total. The summed E-state index contributed by atoms with van der Waals surface area (Å²) < 4.78 is 4.60. The van der Waals surface area contributed by atoms with Crippen LogP contribution in [0.25, 0.3) is 0 Å². The molecule has 0 radical (unpaired) electrons. The molecule has 0 spiro atoms.